The summed E-state index contributed by atoms with van der Waals surface area (Å²) in [4.78, 5) is 203. The van der Waals surface area contributed by atoms with Crippen molar-refractivity contribution in [3.63, 3.8) is 0 Å². The number of likely N-dealkylation sites (tertiary alicyclic amines) is 2. The van der Waals surface area contributed by atoms with Crippen molar-refractivity contribution in [1.29, 1.82) is 0 Å². The van der Waals surface area contributed by atoms with E-state index in [0.717, 1.165) is 85.2 Å². The number of likely N-dealkylation sites (N-methyl/N-ethyl adjacent to an activating group) is 8. The third kappa shape index (κ3) is 23.6. The second-order valence-electron chi connectivity index (χ2n) is 29.7. The Labute approximate surface area is 613 Å². The zero-order valence-electron chi connectivity index (χ0n) is 63.2. The van der Waals surface area contributed by atoms with Crippen LogP contribution in [0.25, 0.3) is 0 Å². The minimum Gasteiger partial charge on any atom is -0.343 e. The van der Waals surface area contributed by atoms with E-state index >= 15 is 14.4 Å². The molecule has 1 unspecified atom stereocenters. The van der Waals surface area contributed by atoms with Crippen molar-refractivity contribution in [3.05, 3.63) is 34.3 Å². The van der Waals surface area contributed by atoms with Crippen LogP contribution in [0, 0.1) is 23.7 Å². The summed E-state index contributed by atoms with van der Waals surface area (Å²) >= 11 is 6.12. The van der Waals surface area contributed by atoms with Crippen molar-refractivity contribution < 1.29 is 84.3 Å². The van der Waals surface area contributed by atoms with Gasteiger partial charge in [-0.25, -0.2) is 8.78 Å². The Morgan fingerprint density at radius 1 is 0.606 bits per heavy atom. The molecule has 0 bridgehead atoms. The number of piperidine rings is 2. The van der Waals surface area contributed by atoms with Crippen LogP contribution in [0.15, 0.2) is 18.2 Å². The van der Waals surface area contributed by atoms with Crippen molar-refractivity contribution in [2.24, 2.45) is 23.7 Å². The van der Waals surface area contributed by atoms with E-state index in [1.807, 2.05) is 13.8 Å². The standard InChI is InChI=1S/C72H111ClF5N13O13/c1-16-45(6)61-69(103)84(10)41-59(95)82(8)42-60(96)86(12)54(37-47-23-19-17-20-24-47)67(101)83(9)40-56(92)80-51(28-26-48-25-27-49(50(73)36-48)72(76,77)78)66(100)87(13)53(38-58(94)90-33-29-71(74,75)30-34-90)63(97)79-46(7)65(99)89(15)62(44(4)5)70(104)88(14)55(68(102)91-31-21-18-22-32-91)39-57(93)85(11)52(35-43(2)3)64(98)81-61/h25,27,36,43-47,51-55,61-62H,16-24,26,28-35,37-42H2,1-15H3,(H,79,97)(H,80,92)(H,81,98)/t45-,46+,51-,52-,53-,54-,55?,61-,62-/m0/s1. The van der Waals surface area contributed by atoms with Gasteiger partial charge in [0.15, 0.2) is 0 Å². The fourth-order valence-corrected chi connectivity index (χ4v) is 14.3. The summed E-state index contributed by atoms with van der Waals surface area (Å²) in [7, 11) is 10.4. The molecule has 0 aromatic heterocycles. The third-order valence-corrected chi connectivity index (χ3v) is 21.2. The number of amides is 13. The molecule has 13 amide bonds. The molecule has 1 aromatic carbocycles. The topological polar surface area (TPSA) is 290 Å². The maximum absolute atomic E-state index is 15.3. The second kappa shape index (κ2) is 38.5. The highest BCUT2D eigenvalue weighted by Gasteiger charge is 2.45. The number of nitrogens with one attached hydrogen (secondary N) is 3. The summed E-state index contributed by atoms with van der Waals surface area (Å²) in [6.07, 6.45) is -1.80. The van der Waals surface area contributed by atoms with Crippen molar-refractivity contribution >= 4 is 88.4 Å². The Kier molecular flexibility index (Phi) is 32.2. The Bertz CT molecular complexity index is 3230. The van der Waals surface area contributed by atoms with Crippen molar-refractivity contribution in [2.75, 3.05) is 102 Å². The van der Waals surface area contributed by atoms with Gasteiger partial charge in [-0.1, -0.05) is 97.7 Å². The number of nitrogens with zero attached hydrogens (tertiary/aromatic N) is 10. The smallest absolute Gasteiger partial charge is 0.343 e. The second-order valence-corrected chi connectivity index (χ2v) is 30.1. The molecule has 104 heavy (non-hydrogen) atoms. The number of alkyl halides is 5. The highest BCUT2D eigenvalue weighted by molar-refractivity contribution is 6.31. The first-order valence-corrected chi connectivity index (χ1v) is 36.6. The van der Waals surface area contributed by atoms with Crippen molar-refractivity contribution in [1.82, 2.24) is 64.9 Å². The molecule has 584 valence electrons. The number of hydrogen-bond donors (Lipinski definition) is 3. The van der Waals surface area contributed by atoms with Crippen LogP contribution in [0.1, 0.15) is 162 Å². The molecule has 3 aliphatic heterocycles. The lowest BCUT2D eigenvalue weighted by Gasteiger charge is -2.40. The van der Waals surface area contributed by atoms with Gasteiger partial charge in [-0.05, 0) is 93.2 Å². The van der Waals surface area contributed by atoms with Crippen LogP contribution in [0.3, 0.4) is 0 Å². The highest BCUT2D eigenvalue weighted by Crippen LogP contribution is 2.36. The number of halogens is 6. The fraction of sp³-hybridized carbons (Fsp3) is 0.736. The Balaban J connectivity index is 1.65. The molecule has 9 atom stereocenters. The van der Waals surface area contributed by atoms with E-state index in [1.165, 1.54) is 66.1 Å². The molecule has 1 saturated carbocycles. The molecule has 0 spiro atoms. The molecule has 3 heterocycles. The monoisotopic (exact) mass is 1500 g/mol. The summed E-state index contributed by atoms with van der Waals surface area (Å²) < 4.78 is 70.8. The van der Waals surface area contributed by atoms with Gasteiger partial charge in [0.1, 0.15) is 48.3 Å². The summed E-state index contributed by atoms with van der Waals surface area (Å²) in [5, 5.41) is 7.32. The predicted octanol–water partition coefficient (Wildman–Crippen LogP) is 5.06. The Morgan fingerprint density at radius 3 is 1.74 bits per heavy atom. The fourth-order valence-electron chi connectivity index (χ4n) is 14.0. The first kappa shape index (κ1) is 86.9. The molecule has 3 N–H and O–H groups in total. The first-order valence-electron chi connectivity index (χ1n) is 36.3. The van der Waals surface area contributed by atoms with Gasteiger partial charge in [-0.15, -0.1) is 0 Å². The Morgan fingerprint density at radius 2 is 1.17 bits per heavy atom. The molecule has 0 radical (unpaired) electrons. The van der Waals surface area contributed by atoms with E-state index in [0.29, 0.717) is 45.2 Å². The maximum Gasteiger partial charge on any atom is 0.417 e. The molecule has 3 saturated heterocycles. The van der Waals surface area contributed by atoms with E-state index < -0.39 is 224 Å². The lowest BCUT2D eigenvalue weighted by atomic mass is 9.84. The molecule has 32 heteroatoms. The third-order valence-electron chi connectivity index (χ3n) is 20.9. The Hall–Kier alpha value is -7.73. The van der Waals surface area contributed by atoms with E-state index in [9.17, 15) is 69.9 Å². The van der Waals surface area contributed by atoms with Gasteiger partial charge in [0.05, 0.1) is 43.1 Å². The molecular formula is C72H111ClF5N13O13. The minimum atomic E-state index is -4.84. The minimum absolute atomic E-state index is 0.0535. The largest absolute Gasteiger partial charge is 0.417 e. The quantitative estimate of drug-likeness (QED) is 0.218. The van der Waals surface area contributed by atoms with Crippen LogP contribution in [0.2, 0.25) is 5.02 Å². The van der Waals surface area contributed by atoms with Crippen LogP contribution < -0.4 is 16.0 Å². The highest BCUT2D eigenvalue weighted by atomic mass is 35.5. The molecule has 1 aromatic rings. The zero-order chi connectivity index (χ0) is 78.2. The molecular weight excluding hydrogens is 1390 g/mol. The van der Waals surface area contributed by atoms with E-state index in [4.69, 9.17) is 11.6 Å². The van der Waals surface area contributed by atoms with Gasteiger partial charge >= 0.3 is 6.18 Å². The summed E-state index contributed by atoms with van der Waals surface area (Å²) in [6, 6.07) is -8.97. The molecule has 26 nitrogen and oxygen atoms in total. The van der Waals surface area contributed by atoms with E-state index in [2.05, 4.69) is 16.0 Å². The summed E-state index contributed by atoms with van der Waals surface area (Å²) in [6.45, 7) is 9.45. The van der Waals surface area contributed by atoms with Crippen LogP contribution in [-0.4, -0.2) is 282 Å². The van der Waals surface area contributed by atoms with Gasteiger partial charge in [0, 0.05) is 95.4 Å². The van der Waals surface area contributed by atoms with Gasteiger partial charge in [0.2, 0.25) is 76.8 Å². The summed E-state index contributed by atoms with van der Waals surface area (Å²) in [5.41, 5.74) is -0.996. The predicted molar refractivity (Wildman–Crippen MR) is 377 cm³/mol. The number of hydrogen-bond acceptors (Lipinski definition) is 13. The average Bonchev–Trinajstić information content (AvgIpc) is 0.805. The van der Waals surface area contributed by atoms with Gasteiger partial charge in [0.25, 0.3) is 5.92 Å². The van der Waals surface area contributed by atoms with Crippen molar-refractivity contribution in [2.45, 2.75) is 218 Å². The lowest BCUT2D eigenvalue weighted by Crippen LogP contribution is -2.61. The SMILES string of the molecule is CC[C@H](C)[C@@H]1NC(=O)[C@H](CC(C)C)N(C)C(=O)CC(C(=O)N2CCCCC2)N(C)C(=O)[C@H](C(C)C)N(C)C(=O)[C@@H](C)NC(=O)[C@H](CC(=O)N2CCC(F)(F)CC2)N(C)C(=O)[C@H](CCc2ccc(C(F)(F)F)c(Cl)c2)NC(=O)CN(C)C(=O)[C@H](CC2CCCCC2)N(C)C(=O)CN(C)C(=O)CN(C)C1=O. The lowest BCUT2D eigenvalue weighted by molar-refractivity contribution is -0.155. The normalized spacial score (nSPS) is 25.8. The van der Waals surface area contributed by atoms with E-state index in [1.54, 1.807) is 32.6 Å². The number of carbonyl (C=O) groups is 13. The van der Waals surface area contributed by atoms with Crippen LogP contribution >= 0.6 is 11.6 Å². The van der Waals surface area contributed by atoms with Crippen molar-refractivity contribution in [3.8, 4) is 0 Å². The number of aryl methyl sites for hydroxylation is 1. The van der Waals surface area contributed by atoms with E-state index in [-0.39, 0.29) is 36.7 Å². The van der Waals surface area contributed by atoms with Gasteiger partial charge in [-0.3, -0.25) is 62.3 Å². The average molecular weight is 1500 g/mol. The summed E-state index contributed by atoms with van der Waals surface area (Å²) in [5.74, 6) is -15.3. The molecule has 5 rings (SSSR count). The van der Waals surface area contributed by atoms with Crippen LogP contribution in [0.5, 0.6) is 0 Å². The number of carbonyl (C=O) groups excluding carboxylic acids is 13. The molecule has 4 fully saturated rings. The van der Waals surface area contributed by atoms with Crippen LogP contribution in [-0.2, 0) is 74.9 Å². The van der Waals surface area contributed by atoms with Gasteiger partial charge < -0.3 is 64.9 Å². The molecule has 1 aliphatic carbocycles. The zero-order valence-corrected chi connectivity index (χ0v) is 63.9. The van der Waals surface area contributed by atoms with Gasteiger partial charge in [-0.2, -0.15) is 13.2 Å². The maximum atomic E-state index is 15.3. The van der Waals surface area contributed by atoms with Crippen LogP contribution in [0.4, 0.5) is 22.0 Å². The number of rotatable bonds is 13. The first-order chi connectivity index (χ1) is 48.5. The molecule has 4 aliphatic rings. The number of benzene rings is 1.